The van der Waals surface area contributed by atoms with Crippen molar-refractivity contribution in [2.45, 2.75) is 33.2 Å². The highest BCUT2D eigenvalue weighted by Crippen LogP contribution is 2.42. The van der Waals surface area contributed by atoms with Crippen molar-refractivity contribution >= 4 is 40.3 Å². The van der Waals surface area contributed by atoms with Crippen molar-refractivity contribution in [1.82, 2.24) is 14.9 Å². The lowest BCUT2D eigenvalue weighted by atomic mass is 9.83. The van der Waals surface area contributed by atoms with Crippen molar-refractivity contribution in [2.75, 3.05) is 24.6 Å². The number of fused-ring (bicyclic) bond motifs is 2. The van der Waals surface area contributed by atoms with Crippen molar-refractivity contribution in [1.29, 1.82) is 0 Å². The van der Waals surface area contributed by atoms with E-state index in [0.717, 1.165) is 41.2 Å². The number of nitrogens with zero attached hydrogens (tertiary/aromatic N) is 3. The highest BCUT2D eigenvalue weighted by atomic mass is 35.5. The first kappa shape index (κ1) is 25.0. The van der Waals surface area contributed by atoms with E-state index in [4.69, 9.17) is 27.9 Å². The average molecular weight is 553 g/mol. The minimum atomic E-state index is -0.485. The summed E-state index contributed by atoms with van der Waals surface area (Å²) in [6.07, 6.45) is 2.27. The summed E-state index contributed by atoms with van der Waals surface area (Å²) in [5.41, 5.74) is 5.06. The number of nitrogens with one attached hydrogen (secondary N) is 1. The zero-order chi connectivity index (χ0) is 26.8. The summed E-state index contributed by atoms with van der Waals surface area (Å²) in [4.78, 5) is 16.0. The van der Waals surface area contributed by atoms with Crippen LogP contribution in [0.1, 0.15) is 47.8 Å². The number of carbonyl (C=O) groups excluding carboxylic acids is 1. The van der Waals surface area contributed by atoms with Crippen LogP contribution >= 0.6 is 23.2 Å². The molecular weight excluding hydrogens is 526 g/mol. The fourth-order valence-electron chi connectivity index (χ4n) is 5.65. The molecule has 0 spiro atoms. The number of halogens is 3. The molecule has 4 aromatic rings. The molecule has 0 unspecified atom stereocenters. The summed E-state index contributed by atoms with van der Waals surface area (Å²) < 4.78 is 21.8. The molecule has 1 amide bonds. The van der Waals surface area contributed by atoms with Gasteiger partial charge in [0, 0.05) is 30.6 Å². The number of hydrogen-bond donors (Lipinski definition) is 1. The zero-order valence-corrected chi connectivity index (χ0v) is 22.8. The van der Waals surface area contributed by atoms with E-state index in [0.29, 0.717) is 29.8 Å². The third kappa shape index (κ3) is 4.18. The van der Waals surface area contributed by atoms with E-state index in [1.165, 1.54) is 12.1 Å². The van der Waals surface area contributed by atoms with Crippen LogP contribution < -0.4 is 15.0 Å². The van der Waals surface area contributed by atoms with E-state index in [1.807, 2.05) is 37.3 Å². The number of carbonyl (C=O) groups is 1. The molecule has 1 atom stereocenters. The van der Waals surface area contributed by atoms with E-state index < -0.39 is 5.82 Å². The fourth-order valence-corrected chi connectivity index (χ4v) is 6.06. The number of aryl methyl sites for hydroxylation is 1. The molecular formula is C29H27Cl2FN4O2. The maximum Gasteiger partial charge on any atom is 0.255 e. The van der Waals surface area contributed by atoms with Crippen LogP contribution in [0.5, 0.6) is 5.75 Å². The Kier molecular flexibility index (Phi) is 6.04. The Hall–Kier alpha value is -3.29. The third-order valence-electron chi connectivity index (χ3n) is 7.28. The van der Waals surface area contributed by atoms with E-state index in [2.05, 4.69) is 29.2 Å². The van der Waals surface area contributed by atoms with Gasteiger partial charge in [0.1, 0.15) is 11.6 Å². The molecule has 0 radical (unpaired) electrons. The molecule has 196 valence electrons. The average Bonchev–Trinajstić information content (AvgIpc) is 3.20. The van der Waals surface area contributed by atoms with E-state index in [9.17, 15) is 9.18 Å². The van der Waals surface area contributed by atoms with Crippen molar-refractivity contribution in [3.63, 3.8) is 0 Å². The van der Waals surface area contributed by atoms with Crippen LogP contribution in [-0.2, 0) is 0 Å². The molecule has 6 nitrogen and oxygen atoms in total. The monoisotopic (exact) mass is 552 g/mol. The molecule has 1 N–H and O–H groups in total. The van der Waals surface area contributed by atoms with Gasteiger partial charge in [0.05, 0.1) is 51.4 Å². The van der Waals surface area contributed by atoms with Gasteiger partial charge in [-0.25, -0.2) is 8.91 Å². The van der Waals surface area contributed by atoms with E-state index in [-0.39, 0.29) is 27.4 Å². The molecule has 38 heavy (non-hydrogen) atoms. The second kappa shape index (κ2) is 9.17. The molecule has 2 aromatic carbocycles. The summed E-state index contributed by atoms with van der Waals surface area (Å²) in [7, 11) is 0. The SMILES string of the molecule is Cc1cc2c(N3CC(C)(C)C3)c(C(=O)N[C@H]3CCOc4ccccc43)cnn2c1-c1cc(F)cc(Cl)c1Cl. The third-order valence-corrected chi connectivity index (χ3v) is 8.08. The first-order chi connectivity index (χ1) is 18.1. The first-order valence-corrected chi connectivity index (χ1v) is 13.3. The minimum absolute atomic E-state index is 0.123. The van der Waals surface area contributed by atoms with Gasteiger partial charge in [0.15, 0.2) is 0 Å². The van der Waals surface area contributed by atoms with Crippen LogP contribution in [0.2, 0.25) is 10.0 Å². The van der Waals surface area contributed by atoms with Gasteiger partial charge in [-0.1, -0.05) is 55.2 Å². The van der Waals surface area contributed by atoms with Crippen molar-refractivity contribution in [2.24, 2.45) is 5.41 Å². The fraction of sp³-hybridized carbons (Fsp3) is 0.310. The van der Waals surface area contributed by atoms with Crippen LogP contribution in [0.25, 0.3) is 16.8 Å². The number of para-hydroxylation sites is 1. The van der Waals surface area contributed by atoms with Crippen LogP contribution in [0.15, 0.2) is 48.7 Å². The number of hydrogen-bond acceptors (Lipinski definition) is 4. The summed E-state index contributed by atoms with van der Waals surface area (Å²) >= 11 is 12.7. The molecule has 4 heterocycles. The quantitative estimate of drug-likeness (QED) is 0.281. The normalized spacial score (nSPS) is 18.1. The Bertz CT molecular complexity index is 1590. The highest BCUT2D eigenvalue weighted by Gasteiger charge is 2.38. The molecule has 6 rings (SSSR count). The van der Waals surface area contributed by atoms with Gasteiger partial charge in [0.25, 0.3) is 5.91 Å². The van der Waals surface area contributed by atoms with Gasteiger partial charge in [-0.15, -0.1) is 0 Å². The maximum absolute atomic E-state index is 14.3. The highest BCUT2D eigenvalue weighted by molar-refractivity contribution is 6.43. The Morgan fingerprint density at radius 3 is 2.71 bits per heavy atom. The Morgan fingerprint density at radius 1 is 1.18 bits per heavy atom. The number of rotatable bonds is 4. The number of anilines is 1. The smallest absolute Gasteiger partial charge is 0.255 e. The van der Waals surface area contributed by atoms with Crippen molar-refractivity contribution in [3.8, 4) is 17.0 Å². The predicted octanol–water partition coefficient (Wildman–Crippen LogP) is 6.86. The number of ether oxygens (including phenoxy) is 1. The minimum Gasteiger partial charge on any atom is -0.493 e. The van der Waals surface area contributed by atoms with Crippen molar-refractivity contribution in [3.05, 3.63) is 81.2 Å². The molecule has 0 saturated carbocycles. The molecule has 0 bridgehead atoms. The standard InChI is InChI=1S/C29H27Cl2FN4O2/c1-16-10-23-27(35-14-29(2,3)15-35)20(28(37)34-22-8-9-38-24-7-5-4-6-18(22)24)13-33-36(23)26(16)19-11-17(32)12-21(30)25(19)31/h4-7,10-13,22H,8-9,14-15H2,1-3H3,(H,34,37)/t22-/m0/s1. The lowest BCUT2D eigenvalue weighted by Crippen LogP contribution is -2.53. The Morgan fingerprint density at radius 2 is 1.95 bits per heavy atom. The molecule has 9 heteroatoms. The Balaban J connectivity index is 1.47. The molecule has 1 saturated heterocycles. The second-order valence-corrected chi connectivity index (χ2v) is 11.6. The molecule has 1 fully saturated rings. The van der Waals surface area contributed by atoms with Gasteiger partial charge in [-0.2, -0.15) is 5.10 Å². The number of benzene rings is 2. The topological polar surface area (TPSA) is 58.9 Å². The summed E-state index contributed by atoms with van der Waals surface area (Å²) in [6, 6.07) is 12.1. The van der Waals surface area contributed by atoms with Crippen LogP contribution in [0.3, 0.4) is 0 Å². The second-order valence-electron chi connectivity index (χ2n) is 10.9. The predicted molar refractivity (Wildman–Crippen MR) is 148 cm³/mol. The lowest BCUT2D eigenvalue weighted by Gasteiger charge is -2.48. The van der Waals surface area contributed by atoms with E-state index in [1.54, 1.807) is 10.7 Å². The van der Waals surface area contributed by atoms with E-state index >= 15 is 0 Å². The summed E-state index contributed by atoms with van der Waals surface area (Å²) in [5.74, 6) is 0.106. The molecule has 2 aliphatic heterocycles. The van der Waals surface area contributed by atoms with Crippen LogP contribution in [0.4, 0.5) is 10.1 Å². The van der Waals surface area contributed by atoms with Gasteiger partial charge in [-0.3, -0.25) is 4.79 Å². The molecule has 2 aromatic heterocycles. The van der Waals surface area contributed by atoms with Crippen LogP contribution in [0, 0.1) is 18.2 Å². The van der Waals surface area contributed by atoms with Gasteiger partial charge in [-0.05, 0) is 42.2 Å². The summed E-state index contributed by atoms with van der Waals surface area (Å²) in [5, 5.41) is 8.26. The van der Waals surface area contributed by atoms with Gasteiger partial charge in [0.2, 0.25) is 0 Å². The van der Waals surface area contributed by atoms with Gasteiger partial charge >= 0.3 is 0 Å². The van der Waals surface area contributed by atoms with Crippen LogP contribution in [-0.4, -0.2) is 35.2 Å². The lowest BCUT2D eigenvalue weighted by molar-refractivity contribution is 0.0924. The Labute approximate surface area is 230 Å². The maximum atomic E-state index is 14.3. The summed E-state index contributed by atoms with van der Waals surface area (Å²) in [6.45, 7) is 8.43. The van der Waals surface area contributed by atoms with Gasteiger partial charge < -0.3 is 15.0 Å². The molecule has 0 aliphatic carbocycles. The zero-order valence-electron chi connectivity index (χ0n) is 21.3. The number of aromatic nitrogens is 2. The first-order valence-electron chi connectivity index (χ1n) is 12.6. The number of amides is 1. The molecule has 2 aliphatic rings. The van der Waals surface area contributed by atoms with Crippen molar-refractivity contribution < 1.29 is 13.9 Å². The largest absolute Gasteiger partial charge is 0.493 e.